The quantitative estimate of drug-likeness (QED) is 0.129. The van der Waals surface area contributed by atoms with Crippen molar-refractivity contribution in [3.8, 4) is 39.7 Å². The molecule has 9 rings (SSSR count). The zero-order valence-electron chi connectivity index (χ0n) is 30.8. The Morgan fingerprint density at radius 3 is 1.51 bits per heavy atom. The molecule has 5 heterocycles. The third-order valence-electron chi connectivity index (χ3n) is 8.98. The normalized spacial score (nSPS) is 10.8. The van der Waals surface area contributed by atoms with Gasteiger partial charge in [0.2, 0.25) is 5.28 Å². The minimum absolute atomic E-state index is 0.223. The number of rotatable bonds is 10. The number of anilines is 2. The van der Waals surface area contributed by atoms with Gasteiger partial charge in [0.25, 0.3) is 0 Å². The average molecular weight is 767 g/mol. The molecular weight excluding hydrogens is 732 g/mol. The fourth-order valence-electron chi connectivity index (χ4n) is 6.33. The number of nitrogens with zero attached hydrogens (tertiary/aromatic N) is 8. The molecule has 9 aromatic rings. The molecule has 0 aliphatic rings. The summed E-state index contributed by atoms with van der Waals surface area (Å²) in [6.07, 6.45) is 6.88. The molecule has 12 heteroatoms. The second-order valence-electron chi connectivity index (χ2n) is 12.7. The average Bonchev–Trinajstić information content (AvgIpc) is 3.28. The molecule has 0 aliphatic carbocycles. The molecule has 0 saturated carbocycles. The van der Waals surface area contributed by atoms with E-state index in [-0.39, 0.29) is 5.28 Å². The van der Waals surface area contributed by atoms with Gasteiger partial charge in [-0.1, -0.05) is 97.1 Å². The van der Waals surface area contributed by atoms with Crippen LogP contribution in [0.3, 0.4) is 0 Å². The molecular formula is C45H35ClN10O. The van der Waals surface area contributed by atoms with Crippen molar-refractivity contribution in [2.24, 2.45) is 0 Å². The van der Waals surface area contributed by atoms with Crippen LogP contribution in [-0.2, 0) is 13.1 Å². The smallest absolute Gasteiger partial charge is 0.316 e. The van der Waals surface area contributed by atoms with E-state index in [2.05, 4.69) is 76.9 Å². The van der Waals surface area contributed by atoms with E-state index in [9.17, 15) is 0 Å². The van der Waals surface area contributed by atoms with Crippen molar-refractivity contribution in [1.29, 1.82) is 0 Å². The Bertz CT molecular complexity index is 2730. The van der Waals surface area contributed by atoms with Gasteiger partial charge in [0.15, 0.2) is 5.82 Å². The fraction of sp³-hybridized carbons (Fsp3) is 0.0667. The van der Waals surface area contributed by atoms with Gasteiger partial charge in [-0.05, 0) is 70.3 Å². The lowest BCUT2D eigenvalue weighted by molar-refractivity contribution is 0.380. The first-order valence-corrected chi connectivity index (χ1v) is 18.5. The number of nitrogens with one attached hydrogen (secondary N) is 2. The molecule has 0 fully saturated rings. The van der Waals surface area contributed by atoms with E-state index in [1.54, 1.807) is 24.8 Å². The van der Waals surface area contributed by atoms with Gasteiger partial charge in [-0.25, -0.2) is 29.9 Å². The molecule has 5 aromatic heterocycles. The van der Waals surface area contributed by atoms with Crippen LogP contribution in [0.25, 0.3) is 55.4 Å². The van der Waals surface area contributed by atoms with Crippen molar-refractivity contribution >= 4 is 45.0 Å². The van der Waals surface area contributed by atoms with E-state index in [1.165, 1.54) is 7.11 Å². The summed E-state index contributed by atoms with van der Waals surface area (Å²) >= 11 is 6.13. The van der Waals surface area contributed by atoms with Gasteiger partial charge < -0.3 is 15.4 Å². The number of pyridine rings is 2. The number of hydrogen-bond donors (Lipinski definition) is 2. The number of methoxy groups -OCH3 is 1. The maximum absolute atomic E-state index is 6.13. The number of fused-ring (bicyclic) bond motifs is 2. The van der Waals surface area contributed by atoms with Crippen LogP contribution >= 0.6 is 11.6 Å². The highest BCUT2D eigenvalue weighted by molar-refractivity contribution is 6.29. The Morgan fingerprint density at radius 2 is 1.00 bits per heavy atom. The topological polar surface area (TPSA) is 136 Å². The fourth-order valence-corrected chi connectivity index (χ4v) is 6.51. The maximum Gasteiger partial charge on any atom is 0.316 e. The summed E-state index contributed by atoms with van der Waals surface area (Å²) in [6, 6.07) is 44.5. The number of benzene rings is 4. The van der Waals surface area contributed by atoms with Crippen LogP contribution in [0.2, 0.25) is 5.28 Å². The van der Waals surface area contributed by atoms with Crippen LogP contribution in [0.4, 0.5) is 11.6 Å². The Hall–Kier alpha value is -7.37. The first-order chi connectivity index (χ1) is 28.1. The molecule has 278 valence electrons. The predicted molar refractivity (Wildman–Crippen MR) is 226 cm³/mol. The van der Waals surface area contributed by atoms with Crippen LogP contribution in [0.15, 0.2) is 158 Å². The zero-order chi connectivity index (χ0) is 38.8. The Balaban J connectivity index is 0.000000165. The lowest BCUT2D eigenvalue weighted by atomic mass is 10.0. The summed E-state index contributed by atoms with van der Waals surface area (Å²) in [7, 11) is 1.53. The molecule has 57 heavy (non-hydrogen) atoms. The highest BCUT2D eigenvalue weighted by atomic mass is 35.5. The largest absolute Gasteiger partial charge is 0.467 e. The van der Waals surface area contributed by atoms with Gasteiger partial charge in [0, 0.05) is 24.8 Å². The standard InChI is InChI=1S/C25H20N6O.C20H15ClN4/c1-32-25-28-14-18(15-29-25)23-30-21-12-7-11-20(17-8-3-2-4-9-17)22(21)24(31-23)27-16-19-10-5-6-13-26-19;21-20-24-17-11-6-10-16(14-7-2-1-3-8-14)18(17)19(25-20)23-13-15-9-4-5-12-22-15/h2-15H,16H2,1H3,(H,27,30,31);1-12H,13H2,(H,23,24,25). The summed E-state index contributed by atoms with van der Waals surface area (Å²) < 4.78 is 5.07. The summed E-state index contributed by atoms with van der Waals surface area (Å²) in [5, 5.41) is 8.95. The third kappa shape index (κ3) is 8.64. The molecule has 0 spiro atoms. The molecule has 0 unspecified atom stereocenters. The van der Waals surface area contributed by atoms with Gasteiger partial charge >= 0.3 is 6.01 Å². The van der Waals surface area contributed by atoms with Crippen LogP contribution < -0.4 is 15.4 Å². The molecule has 0 bridgehead atoms. The van der Waals surface area contributed by atoms with Crippen LogP contribution in [0.1, 0.15) is 11.4 Å². The van der Waals surface area contributed by atoms with Crippen LogP contribution in [0.5, 0.6) is 6.01 Å². The lowest BCUT2D eigenvalue weighted by Crippen LogP contribution is -2.06. The van der Waals surface area contributed by atoms with Crippen molar-refractivity contribution in [1.82, 2.24) is 39.9 Å². The van der Waals surface area contributed by atoms with Gasteiger partial charge in [-0.3, -0.25) is 9.97 Å². The zero-order valence-corrected chi connectivity index (χ0v) is 31.5. The third-order valence-corrected chi connectivity index (χ3v) is 9.15. The van der Waals surface area contributed by atoms with E-state index < -0.39 is 0 Å². The summed E-state index contributed by atoms with van der Waals surface area (Å²) in [4.78, 5) is 35.6. The number of hydrogen-bond acceptors (Lipinski definition) is 11. The maximum atomic E-state index is 6.13. The van der Waals surface area contributed by atoms with Gasteiger partial charge in [-0.15, -0.1) is 0 Å². The second kappa shape index (κ2) is 17.4. The monoisotopic (exact) mass is 766 g/mol. The Morgan fingerprint density at radius 1 is 0.491 bits per heavy atom. The molecule has 4 aromatic carbocycles. The first-order valence-electron chi connectivity index (χ1n) is 18.1. The molecule has 0 radical (unpaired) electrons. The van der Waals surface area contributed by atoms with Crippen LogP contribution in [0, 0.1) is 0 Å². The van der Waals surface area contributed by atoms with Crippen LogP contribution in [-0.4, -0.2) is 47.0 Å². The van der Waals surface area contributed by atoms with Crippen molar-refractivity contribution < 1.29 is 4.74 Å². The molecule has 0 aliphatic heterocycles. The van der Waals surface area contributed by atoms with E-state index in [4.69, 9.17) is 26.3 Å². The van der Waals surface area contributed by atoms with Crippen molar-refractivity contribution in [3.05, 3.63) is 175 Å². The minimum Gasteiger partial charge on any atom is -0.467 e. The summed E-state index contributed by atoms with van der Waals surface area (Å²) in [5.74, 6) is 1.97. The van der Waals surface area contributed by atoms with E-state index in [0.29, 0.717) is 36.3 Å². The molecule has 0 amide bonds. The van der Waals surface area contributed by atoms with Gasteiger partial charge in [0.1, 0.15) is 11.6 Å². The Kier molecular flexibility index (Phi) is 11.2. The predicted octanol–water partition coefficient (Wildman–Crippen LogP) is 9.73. The SMILES string of the molecule is COc1ncc(-c2nc(NCc3ccccn3)c3c(-c4ccccc4)cccc3n2)cn1.Clc1nc(NCc2ccccn2)c2c(-c3ccccc3)cccc2n1. The number of ether oxygens (including phenoxy) is 1. The molecule has 0 atom stereocenters. The van der Waals surface area contributed by atoms with E-state index in [1.807, 2.05) is 97.1 Å². The summed E-state index contributed by atoms with van der Waals surface area (Å²) in [5.41, 5.74) is 8.54. The second-order valence-corrected chi connectivity index (χ2v) is 13.0. The molecule has 11 nitrogen and oxygen atoms in total. The van der Waals surface area contributed by atoms with E-state index in [0.717, 1.165) is 61.3 Å². The first kappa shape index (κ1) is 36.6. The summed E-state index contributed by atoms with van der Waals surface area (Å²) in [6.45, 7) is 1.10. The van der Waals surface area contributed by atoms with Crippen molar-refractivity contribution in [2.45, 2.75) is 13.1 Å². The van der Waals surface area contributed by atoms with Crippen molar-refractivity contribution in [3.63, 3.8) is 0 Å². The number of aromatic nitrogens is 8. The number of halogens is 1. The van der Waals surface area contributed by atoms with Crippen molar-refractivity contribution in [2.75, 3.05) is 17.7 Å². The highest BCUT2D eigenvalue weighted by Gasteiger charge is 2.16. The van der Waals surface area contributed by atoms with E-state index >= 15 is 0 Å². The van der Waals surface area contributed by atoms with Gasteiger partial charge in [-0.2, -0.15) is 0 Å². The lowest BCUT2D eigenvalue weighted by Gasteiger charge is -2.14. The minimum atomic E-state index is 0.223. The van der Waals surface area contributed by atoms with Gasteiger partial charge in [0.05, 0.1) is 59.0 Å². The highest BCUT2D eigenvalue weighted by Crippen LogP contribution is 2.35. The molecule has 2 N–H and O–H groups in total. The molecule has 0 saturated heterocycles. The Labute approximate surface area is 334 Å².